The van der Waals surface area contributed by atoms with Gasteiger partial charge in [-0.2, -0.15) is 4.98 Å². The Kier molecular flexibility index (Phi) is 2.33. The van der Waals surface area contributed by atoms with E-state index >= 15 is 0 Å². The van der Waals surface area contributed by atoms with Gasteiger partial charge in [-0.3, -0.25) is 0 Å². The van der Waals surface area contributed by atoms with Gasteiger partial charge in [-0.15, -0.1) is 0 Å². The van der Waals surface area contributed by atoms with E-state index in [0.717, 1.165) is 23.9 Å². The molecule has 1 fully saturated rings. The van der Waals surface area contributed by atoms with Crippen LogP contribution in [0, 0.1) is 0 Å². The molecular weight excluding hydrogens is 216 g/mol. The maximum Gasteiger partial charge on any atom is 0.298 e. The Morgan fingerprint density at radius 1 is 1.41 bits per heavy atom. The molecule has 2 aromatic rings. The van der Waals surface area contributed by atoms with Crippen molar-refractivity contribution in [1.29, 1.82) is 0 Å². The maximum absolute atomic E-state index is 10.1. The monoisotopic (exact) mass is 232 g/mol. The van der Waals surface area contributed by atoms with Gasteiger partial charge >= 0.3 is 0 Å². The SMILES string of the molecule is CCCC1(O)CN(c2nc3ccccc3o2)C1. The summed E-state index contributed by atoms with van der Waals surface area (Å²) in [6.07, 6.45) is 1.83. The van der Waals surface area contributed by atoms with Crippen molar-refractivity contribution < 1.29 is 9.52 Å². The summed E-state index contributed by atoms with van der Waals surface area (Å²) in [5, 5.41) is 10.1. The molecule has 4 nitrogen and oxygen atoms in total. The lowest BCUT2D eigenvalue weighted by Crippen LogP contribution is -2.62. The van der Waals surface area contributed by atoms with Crippen molar-refractivity contribution >= 4 is 17.1 Å². The van der Waals surface area contributed by atoms with Gasteiger partial charge in [-0.05, 0) is 18.6 Å². The zero-order chi connectivity index (χ0) is 11.9. The number of aromatic nitrogens is 1. The molecule has 90 valence electrons. The van der Waals surface area contributed by atoms with Gasteiger partial charge in [0.05, 0.1) is 18.7 Å². The molecule has 1 aromatic heterocycles. The summed E-state index contributed by atoms with van der Waals surface area (Å²) in [5.74, 6) is 0. The lowest BCUT2D eigenvalue weighted by molar-refractivity contribution is 0.000744. The van der Waals surface area contributed by atoms with Gasteiger partial charge in [-0.1, -0.05) is 25.5 Å². The molecule has 17 heavy (non-hydrogen) atoms. The summed E-state index contributed by atoms with van der Waals surface area (Å²) >= 11 is 0. The average molecular weight is 232 g/mol. The number of para-hydroxylation sites is 2. The van der Waals surface area contributed by atoms with E-state index in [1.165, 1.54) is 0 Å². The smallest absolute Gasteiger partial charge is 0.298 e. The number of hydrogen-bond donors (Lipinski definition) is 1. The number of oxazole rings is 1. The lowest BCUT2D eigenvalue weighted by Gasteiger charge is -2.45. The van der Waals surface area contributed by atoms with Crippen LogP contribution >= 0.6 is 0 Å². The number of rotatable bonds is 3. The van der Waals surface area contributed by atoms with Crippen LogP contribution in [0.2, 0.25) is 0 Å². The quantitative estimate of drug-likeness (QED) is 0.881. The molecule has 1 saturated heterocycles. The van der Waals surface area contributed by atoms with Crippen molar-refractivity contribution in [2.75, 3.05) is 18.0 Å². The van der Waals surface area contributed by atoms with Crippen molar-refractivity contribution in [2.45, 2.75) is 25.4 Å². The minimum absolute atomic E-state index is 0.546. The van der Waals surface area contributed by atoms with E-state index in [-0.39, 0.29) is 0 Å². The Balaban J connectivity index is 1.78. The van der Waals surface area contributed by atoms with E-state index in [9.17, 15) is 5.11 Å². The first-order chi connectivity index (χ1) is 8.20. The fourth-order valence-corrected chi connectivity index (χ4v) is 2.42. The summed E-state index contributed by atoms with van der Waals surface area (Å²) < 4.78 is 5.65. The van der Waals surface area contributed by atoms with Gasteiger partial charge in [0.25, 0.3) is 6.01 Å². The Bertz CT molecular complexity index is 496. The second-order valence-electron chi connectivity index (χ2n) is 4.79. The molecule has 0 radical (unpaired) electrons. The number of β-amino-alcohol motifs (C(OH)–C–C–N with tert-alkyl or cyclic N) is 1. The standard InChI is InChI=1S/C13H16N2O2/c1-2-7-13(16)8-15(9-13)12-14-10-5-3-4-6-11(10)17-12/h3-6,16H,2,7-9H2,1H3. The summed E-state index contributed by atoms with van der Waals surface area (Å²) in [6, 6.07) is 8.33. The minimum Gasteiger partial charge on any atom is -0.423 e. The van der Waals surface area contributed by atoms with E-state index in [0.29, 0.717) is 19.1 Å². The van der Waals surface area contributed by atoms with Gasteiger partial charge in [0.2, 0.25) is 0 Å². The Labute approximate surface area is 99.9 Å². The van der Waals surface area contributed by atoms with Crippen LogP contribution in [0.1, 0.15) is 19.8 Å². The molecule has 0 aliphatic carbocycles. The number of fused-ring (bicyclic) bond motifs is 1. The highest BCUT2D eigenvalue weighted by atomic mass is 16.4. The zero-order valence-electron chi connectivity index (χ0n) is 9.89. The van der Waals surface area contributed by atoms with Crippen molar-refractivity contribution in [3.8, 4) is 0 Å². The third-order valence-electron chi connectivity index (χ3n) is 3.24. The van der Waals surface area contributed by atoms with E-state index in [2.05, 4.69) is 11.9 Å². The molecule has 4 heteroatoms. The summed E-state index contributed by atoms with van der Waals surface area (Å²) in [5.41, 5.74) is 1.12. The van der Waals surface area contributed by atoms with E-state index < -0.39 is 5.60 Å². The van der Waals surface area contributed by atoms with E-state index in [4.69, 9.17) is 4.42 Å². The van der Waals surface area contributed by atoms with Crippen molar-refractivity contribution in [3.63, 3.8) is 0 Å². The van der Waals surface area contributed by atoms with Crippen LogP contribution in [0.5, 0.6) is 0 Å². The molecule has 1 aliphatic heterocycles. The first-order valence-electron chi connectivity index (χ1n) is 6.03. The highest BCUT2D eigenvalue weighted by Gasteiger charge is 2.42. The lowest BCUT2D eigenvalue weighted by atomic mass is 9.90. The van der Waals surface area contributed by atoms with Crippen molar-refractivity contribution in [1.82, 2.24) is 4.98 Å². The molecule has 0 bridgehead atoms. The normalized spacial score (nSPS) is 18.4. The Hall–Kier alpha value is -1.55. The number of aliphatic hydroxyl groups is 1. The number of hydrogen-bond acceptors (Lipinski definition) is 4. The van der Waals surface area contributed by atoms with Gasteiger partial charge in [0.15, 0.2) is 5.58 Å². The topological polar surface area (TPSA) is 49.5 Å². The van der Waals surface area contributed by atoms with Crippen LogP contribution in [-0.4, -0.2) is 28.8 Å². The Morgan fingerprint density at radius 3 is 2.88 bits per heavy atom. The fraction of sp³-hybridized carbons (Fsp3) is 0.462. The number of anilines is 1. The van der Waals surface area contributed by atoms with Crippen LogP contribution < -0.4 is 4.90 Å². The average Bonchev–Trinajstić information content (AvgIpc) is 2.69. The second-order valence-corrected chi connectivity index (χ2v) is 4.79. The van der Waals surface area contributed by atoms with Crippen LogP contribution in [0.25, 0.3) is 11.1 Å². The highest BCUT2D eigenvalue weighted by molar-refractivity contribution is 5.74. The van der Waals surface area contributed by atoms with Crippen LogP contribution in [0.15, 0.2) is 28.7 Å². The third kappa shape index (κ3) is 1.78. The predicted molar refractivity (Wildman–Crippen MR) is 66.1 cm³/mol. The fourth-order valence-electron chi connectivity index (χ4n) is 2.42. The molecule has 2 heterocycles. The van der Waals surface area contributed by atoms with Crippen molar-refractivity contribution in [2.24, 2.45) is 0 Å². The molecular formula is C13H16N2O2. The molecule has 0 unspecified atom stereocenters. The third-order valence-corrected chi connectivity index (χ3v) is 3.24. The molecule has 0 atom stereocenters. The first-order valence-corrected chi connectivity index (χ1v) is 6.03. The van der Waals surface area contributed by atoms with Gasteiger partial charge < -0.3 is 14.4 Å². The summed E-state index contributed by atoms with van der Waals surface area (Å²) in [4.78, 5) is 6.39. The minimum atomic E-state index is -0.546. The molecule has 0 saturated carbocycles. The van der Waals surface area contributed by atoms with Crippen LogP contribution in [-0.2, 0) is 0 Å². The molecule has 3 rings (SSSR count). The van der Waals surface area contributed by atoms with Gasteiger partial charge in [0, 0.05) is 0 Å². The molecule has 1 aliphatic rings. The Morgan fingerprint density at radius 2 is 2.18 bits per heavy atom. The summed E-state index contributed by atoms with van der Waals surface area (Å²) in [6.45, 7) is 3.32. The predicted octanol–water partition coefficient (Wildman–Crippen LogP) is 2.18. The number of nitrogens with zero attached hydrogens (tertiary/aromatic N) is 2. The largest absolute Gasteiger partial charge is 0.423 e. The van der Waals surface area contributed by atoms with Crippen molar-refractivity contribution in [3.05, 3.63) is 24.3 Å². The van der Waals surface area contributed by atoms with Crippen LogP contribution in [0.4, 0.5) is 6.01 Å². The maximum atomic E-state index is 10.1. The zero-order valence-corrected chi connectivity index (χ0v) is 9.89. The first kappa shape index (κ1) is 10.6. The summed E-state index contributed by atoms with van der Waals surface area (Å²) in [7, 11) is 0. The molecule has 0 amide bonds. The highest BCUT2D eigenvalue weighted by Crippen LogP contribution is 2.32. The molecule has 1 N–H and O–H groups in total. The van der Waals surface area contributed by atoms with Gasteiger partial charge in [0.1, 0.15) is 5.52 Å². The molecule has 0 spiro atoms. The second kappa shape index (κ2) is 3.74. The van der Waals surface area contributed by atoms with Gasteiger partial charge in [-0.25, -0.2) is 0 Å². The van der Waals surface area contributed by atoms with E-state index in [1.54, 1.807) is 0 Å². The number of benzene rings is 1. The molecule has 1 aromatic carbocycles. The van der Waals surface area contributed by atoms with Crippen LogP contribution in [0.3, 0.4) is 0 Å². The van der Waals surface area contributed by atoms with E-state index in [1.807, 2.05) is 29.2 Å².